The molecule has 0 aromatic heterocycles. The molecular formula is C3H3Bi2. The van der Waals surface area contributed by atoms with Crippen molar-refractivity contribution in [2.75, 3.05) is 0 Å². The van der Waals surface area contributed by atoms with E-state index in [4.69, 9.17) is 0 Å². The van der Waals surface area contributed by atoms with Gasteiger partial charge < -0.3 is 0 Å². The summed E-state index contributed by atoms with van der Waals surface area (Å²) in [6.45, 7) is 0. The maximum atomic E-state index is 3.31. The van der Waals surface area contributed by atoms with Crippen LogP contribution in [0.4, 0.5) is 0 Å². The molecule has 5 heavy (non-hydrogen) atoms. The fourth-order valence-electron chi connectivity index (χ4n) is 0.186. The molecule has 0 amide bonds. The van der Waals surface area contributed by atoms with Crippen molar-refractivity contribution < 1.29 is 0 Å². The van der Waals surface area contributed by atoms with Crippen molar-refractivity contribution in [1.82, 2.24) is 0 Å². The third kappa shape index (κ3) is 1.51. The Balaban J connectivity index is 2.61. The molecule has 1 radical (unpaired) electrons. The zero-order valence-electron chi connectivity index (χ0n) is 2.60. The summed E-state index contributed by atoms with van der Waals surface area (Å²) in [7, 11) is 0. The number of rotatable bonds is 0. The predicted molar refractivity (Wildman–Crippen MR) is 27.0 cm³/mol. The van der Waals surface area contributed by atoms with E-state index in [0.717, 1.165) is 0 Å². The molecule has 0 aromatic carbocycles. The van der Waals surface area contributed by atoms with Gasteiger partial charge in [-0.15, -0.1) is 0 Å². The Morgan fingerprint density at radius 2 is 2.80 bits per heavy atom. The minimum atomic E-state index is 0.0494. The van der Waals surface area contributed by atoms with E-state index in [1.807, 2.05) is 0 Å². The molecule has 0 nitrogen and oxygen atoms in total. The van der Waals surface area contributed by atoms with Crippen molar-refractivity contribution in [3.8, 4) is 0 Å². The molecule has 0 saturated carbocycles. The van der Waals surface area contributed by atoms with Crippen LogP contribution in [-0.4, -0.2) is 40.1 Å². The van der Waals surface area contributed by atoms with Gasteiger partial charge >= 0.3 is 50.0 Å². The Kier molecular flexibility index (Phi) is 2.30. The van der Waals surface area contributed by atoms with Crippen molar-refractivity contribution in [2.45, 2.75) is 0 Å². The molecule has 2 heteroatoms. The van der Waals surface area contributed by atoms with Crippen LogP contribution >= 0.6 is 0 Å². The zero-order chi connectivity index (χ0) is 3.54. The third-order valence-electron chi connectivity index (χ3n) is 0.362. The minimum absolute atomic E-state index is 0.0494. The van der Waals surface area contributed by atoms with Gasteiger partial charge in [-0.3, -0.25) is 0 Å². The Labute approximate surface area is 49.3 Å². The summed E-state index contributed by atoms with van der Waals surface area (Å²) in [5, 5.41) is 0. The van der Waals surface area contributed by atoms with E-state index >= 15 is 0 Å². The van der Waals surface area contributed by atoms with Gasteiger partial charge in [0.1, 0.15) is 0 Å². The van der Waals surface area contributed by atoms with Gasteiger partial charge in [-0.2, -0.15) is 0 Å². The monoisotopic (exact) mass is 457 g/mol. The van der Waals surface area contributed by atoms with Crippen LogP contribution in [0.2, 0.25) is 0 Å². The van der Waals surface area contributed by atoms with Crippen LogP contribution in [0.1, 0.15) is 0 Å². The Bertz CT molecular complexity index is 63.0. The van der Waals surface area contributed by atoms with E-state index in [-0.39, 0.29) is 36.4 Å². The van der Waals surface area contributed by atoms with Gasteiger partial charge in [0.2, 0.25) is 0 Å². The molecule has 0 aromatic rings. The van der Waals surface area contributed by atoms with Crippen molar-refractivity contribution in [2.24, 2.45) is 0 Å². The van der Waals surface area contributed by atoms with E-state index < -0.39 is 0 Å². The van der Waals surface area contributed by atoms with Gasteiger partial charge in [-0.25, -0.2) is 0 Å². The topological polar surface area (TPSA) is 0 Å². The van der Waals surface area contributed by atoms with E-state index in [9.17, 15) is 0 Å². The van der Waals surface area contributed by atoms with E-state index in [1.165, 1.54) is 0 Å². The molecule has 0 spiro atoms. The summed E-state index contributed by atoms with van der Waals surface area (Å²) in [5.74, 6) is 0. The molecule has 25 valence electrons. The second-order valence-electron chi connectivity index (χ2n) is 0.703. The number of hydrogen-bond acceptors (Lipinski definition) is 0. The first kappa shape index (κ1) is 4.53. The molecular weight excluding hydrogens is 454 g/mol. The first-order valence-electron chi connectivity index (χ1n) is 1.36. The molecule has 0 aliphatic carbocycles. The van der Waals surface area contributed by atoms with Gasteiger partial charge in [0.25, 0.3) is 0 Å². The maximum absolute atomic E-state index is 3.31. The predicted octanol–water partition coefficient (Wildman–Crippen LogP) is -0.751. The summed E-state index contributed by atoms with van der Waals surface area (Å²) in [5.41, 5.74) is 0. The average Bonchev–Trinajstić information content (AvgIpc) is 1.76. The third-order valence-corrected chi connectivity index (χ3v) is 17.1. The zero-order valence-corrected chi connectivity index (χ0v) is 9.97. The van der Waals surface area contributed by atoms with Crippen molar-refractivity contribution in [3.63, 3.8) is 0 Å². The SMILES string of the molecule is [C]1=[Bi][BiH][CH]=C1. The Hall–Kier alpha value is 1.38. The summed E-state index contributed by atoms with van der Waals surface area (Å²) in [4.78, 5) is 0. The van der Waals surface area contributed by atoms with Crippen LogP contribution in [0.3, 0.4) is 0 Å². The number of hydrogen-bond donors (Lipinski definition) is 0. The molecule has 1 rings (SSSR count). The van der Waals surface area contributed by atoms with Gasteiger partial charge in [0, 0.05) is 0 Å². The van der Waals surface area contributed by atoms with E-state index in [2.05, 4.69) is 13.6 Å². The fourth-order valence-corrected chi connectivity index (χ4v) is 14.3. The quantitative estimate of drug-likeness (QED) is 0.421. The number of allylic oxidation sites excluding steroid dienone is 1. The summed E-state index contributed by atoms with van der Waals surface area (Å²) in [6, 6.07) is 0. The molecule has 0 fully saturated rings. The van der Waals surface area contributed by atoms with Gasteiger partial charge in [-0.1, -0.05) is 0 Å². The van der Waals surface area contributed by atoms with Gasteiger partial charge in [0.05, 0.1) is 0 Å². The van der Waals surface area contributed by atoms with Crippen LogP contribution in [0, 0.1) is 0 Å². The van der Waals surface area contributed by atoms with E-state index in [1.54, 1.807) is 0 Å². The summed E-state index contributed by atoms with van der Waals surface area (Å²) >= 11 is 0.139. The fraction of sp³-hybridized carbons (Fsp3) is 0. The van der Waals surface area contributed by atoms with Crippen LogP contribution in [-0.2, 0) is 0 Å². The molecule has 1 aliphatic rings. The molecule has 1 aliphatic heterocycles. The van der Waals surface area contributed by atoms with Crippen molar-refractivity contribution in [1.29, 1.82) is 0 Å². The van der Waals surface area contributed by atoms with Crippen molar-refractivity contribution in [3.05, 3.63) is 9.86 Å². The van der Waals surface area contributed by atoms with Gasteiger partial charge in [0.15, 0.2) is 0 Å². The van der Waals surface area contributed by atoms with Crippen molar-refractivity contribution >= 4 is 40.1 Å². The summed E-state index contributed by atoms with van der Waals surface area (Å²) < 4.78 is 5.71. The second-order valence-corrected chi connectivity index (χ2v) is 21.3. The first-order chi connectivity index (χ1) is 2.50. The first-order valence-corrected chi connectivity index (χ1v) is 22.3. The van der Waals surface area contributed by atoms with Gasteiger partial charge in [-0.05, 0) is 0 Å². The molecule has 0 unspecified atom stereocenters. The molecule has 0 bridgehead atoms. The normalized spacial score (nSPS) is 17.6. The molecule has 1 heterocycles. The molecule has 0 N–H and O–H groups in total. The van der Waals surface area contributed by atoms with Crippen LogP contribution in [0.5, 0.6) is 0 Å². The van der Waals surface area contributed by atoms with Crippen LogP contribution in [0.15, 0.2) is 9.86 Å². The van der Waals surface area contributed by atoms with Crippen LogP contribution in [0.25, 0.3) is 0 Å². The standard InChI is InChI=1S/C3H2.2Bi.H/c1-3-2;;;/h1,3H;;;. The average molecular weight is 457 g/mol. The Morgan fingerprint density at radius 1 is 1.80 bits per heavy atom. The molecule has 0 atom stereocenters. The van der Waals surface area contributed by atoms with Crippen LogP contribution < -0.4 is 0 Å². The second kappa shape index (κ2) is 2.53. The van der Waals surface area contributed by atoms with E-state index in [0.29, 0.717) is 0 Å². The Morgan fingerprint density at radius 3 is 3.00 bits per heavy atom. The molecule has 0 saturated heterocycles. The summed E-state index contributed by atoms with van der Waals surface area (Å²) in [6.07, 6.45) is 2.15.